The lowest BCUT2D eigenvalue weighted by atomic mass is 10.1. The van der Waals surface area contributed by atoms with E-state index < -0.39 is 12.1 Å². The van der Waals surface area contributed by atoms with Crippen LogP contribution in [0.5, 0.6) is 5.75 Å². The molecule has 1 atom stereocenters. The molecule has 0 spiro atoms. The molecule has 2 N–H and O–H groups in total. The number of thioether (sulfide) groups is 1. The van der Waals surface area contributed by atoms with E-state index in [0.29, 0.717) is 38.5 Å². The molecule has 0 saturated heterocycles. The summed E-state index contributed by atoms with van der Waals surface area (Å²) in [7, 11) is 0. The van der Waals surface area contributed by atoms with Gasteiger partial charge in [0.1, 0.15) is 12.4 Å². The summed E-state index contributed by atoms with van der Waals surface area (Å²) in [5, 5.41) is 12.2. The highest BCUT2D eigenvalue weighted by atomic mass is 79.9. The molecule has 0 saturated carbocycles. The maximum absolute atomic E-state index is 12.9. The van der Waals surface area contributed by atoms with Crippen molar-refractivity contribution < 1.29 is 24.2 Å². The Morgan fingerprint density at radius 1 is 1.03 bits per heavy atom. The van der Waals surface area contributed by atoms with Crippen LogP contribution in [0.2, 0.25) is 0 Å². The van der Waals surface area contributed by atoms with Crippen LogP contribution in [0, 0.1) is 0 Å². The van der Waals surface area contributed by atoms with E-state index in [1.807, 2.05) is 60.3 Å². The quantitative estimate of drug-likeness (QED) is 0.213. The minimum Gasteiger partial charge on any atom is -0.492 e. The van der Waals surface area contributed by atoms with Crippen LogP contribution in [0.25, 0.3) is 0 Å². The number of rotatable bonds is 17. The number of nitrogens with one attached hydrogen (secondary N) is 1. The number of urea groups is 1. The van der Waals surface area contributed by atoms with E-state index in [1.54, 1.807) is 11.8 Å². The highest BCUT2D eigenvalue weighted by Gasteiger charge is 2.18. The van der Waals surface area contributed by atoms with Crippen molar-refractivity contribution in [2.24, 2.45) is 0 Å². The predicted molar refractivity (Wildman–Crippen MR) is 150 cm³/mol. The van der Waals surface area contributed by atoms with Crippen molar-refractivity contribution in [1.29, 1.82) is 0 Å². The molecule has 0 heterocycles. The maximum Gasteiger partial charge on any atom is 0.333 e. The molecule has 9 heteroatoms. The molecule has 2 aromatic carbocycles. The minimum atomic E-state index is -0.970. The Balaban J connectivity index is 1.88. The van der Waals surface area contributed by atoms with Gasteiger partial charge in [-0.2, -0.15) is 11.8 Å². The van der Waals surface area contributed by atoms with E-state index in [-0.39, 0.29) is 6.03 Å². The molecule has 0 aliphatic rings. The molecule has 0 radical (unpaired) electrons. The first-order chi connectivity index (χ1) is 17.4. The third-order valence-corrected chi connectivity index (χ3v) is 6.98. The normalized spacial score (nSPS) is 11.6. The summed E-state index contributed by atoms with van der Waals surface area (Å²) < 4.78 is 12.1. The third-order valence-electron chi connectivity index (χ3n) is 5.40. The lowest BCUT2D eigenvalue weighted by Gasteiger charge is -2.23. The molecule has 1 unspecified atom stereocenters. The smallest absolute Gasteiger partial charge is 0.333 e. The Kier molecular flexibility index (Phi) is 14.4. The fourth-order valence-electron chi connectivity index (χ4n) is 3.41. The van der Waals surface area contributed by atoms with E-state index in [4.69, 9.17) is 9.47 Å². The zero-order valence-electron chi connectivity index (χ0n) is 21.1. The molecule has 2 amide bonds. The van der Waals surface area contributed by atoms with Gasteiger partial charge in [0.2, 0.25) is 0 Å². The number of nitrogens with zero attached hydrogens (tertiary/aromatic N) is 1. The Hall–Kier alpha value is -2.23. The largest absolute Gasteiger partial charge is 0.492 e. The zero-order chi connectivity index (χ0) is 26.2. The number of halogens is 1. The summed E-state index contributed by atoms with van der Waals surface area (Å²) in [5.74, 6) is 1.67. The number of carboxylic acids is 1. The second kappa shape index (κ2) is 17.3. The SMILES string of the molecule is CCCCCSCCN(CCOc1ccc(CC(OCC)C(=O)O)cc1)C(=O)Nc1ccc(Br)cc1. The number of hydrogen-bond acceptors (Lipinski definition) is 5. The Morgan fingerprint density at radius 3 is 2.39 bits per heavy atom. The molecule has 2 rings (SSSR count). The number of hydrogen-bond donors (Lipinski definition) is 2. The fourth-order valence-corrected chi connectivity index (χ4v) is 4.64. The third kappa shape index (κ3) is 11.7. The van der Waals surface area contributed by atoms with E-state index in [0.717, 1.165) is 27.2 Å². The molecule has 0 bridgehead atoms. The summed E-state index contributed by atoms with van der Waals surface area (Å²) in [4.78, 5) is 26.0. The van der Waals surface area contributed by atoms with Crippen molar-refractivity contribution in [2.45, 2.75) is 45.6 Å². The number of unbranched alkanes of at least 4 members (excludes halogenated alkanes) is 2. The van der Waals surface area contributed by atoms with Crippen LogP contribution in [-0.4, -0.2) is 65.9 Å². The van der Waals surface area contributed by atoms with Gasteiger partial charge >= 0.3 is 12.0 Å². The van der Waals surface area contributed by atoms with Gasteiger partial charge in [-0.05, 0) is 61.1 Å². The van der Waals surface area contributed by atoms with E-state index >= 15 is 0 Å². The van der Waals surface area contributed by atoms with Crippen molar-refractivity contribution in [1.82, 2.24) is 4.90 Å². The van der Waals surface area contributed by atoms with Crippen molar-refractivity contribution >= 4 is 45.4 Å². The van der Waals surface area contributed by atoms with Crippen molar-refractivity contribution in [3.8, 4) is 5.75 Å². The van der Waals surface area contributed by atoms with Gasteiger partial charge in [0.15, 0.2) is 6.10 Å². The molecule has 0 aliphatic carbocycles. The topological polar surface area (TPSA) is 88.1 Å². The van der Waals surface area contributed by atoms with Gasteiger partial charge in [-0.25, -0.2) is 9.59 Å². The average molecular weight is 582 g/mol. The van der Waals surface area contributed by atoms with E-state index in [1.165, 1.54) is 19.3 Å². The van der Waals surface area contributed by atoms with Crippen LogP contribution >= 0.6 is 27.7 Å². The maximum atomic E-state index is 12.9. The number of carboxylic acid groups (broad SMARTS) is 1. The number of anilines is 1. The van der Waals surface area contributed by atoms with Gasteiger partial charge in [0, 0.05) is 35.5 Å². The van der Waals surface area contributed by atoms with Crippen LogP contribution < -0.4 is 10.1 Å². The lowest BCUT2D eigenvalue weighted by molar-refractivity contribution is -0.149. The summed E-state index contributed by atoms with van der Waals surface area (Å²) >= 11 is 5.28. The first kappa shape index (κ1) is 30.0. The first-order valence-electron chi connectivity index (χ1n) is 12.4. The summed E-state index contributed by atoms with van der Waals surface area (Å²) in [6.07, 6.45) is 3.06. The van der Waals surface area contributed by atoms with Crippen LogP contribution in [-0.2, 0) is 16.0 Å². The van der Waals surface area contributed by atoms with Crippen LogP contribution in [0.3, 0.4) is 0 Å². The van der Waals surface area contributed by atoms with Gasteiger partial charge in [0.05, 0.1) is 6.54 Å². The van der Waals surface area contributed by atoms with Crippen LogP contribution in [0.4, 0.5) is 10.5 Å². The second-order valence-corrected chi connectivity index (χ2v) is 10.4. The van der Waals surface area contributed by atoms with Crippen molar-refractivity contribution in [2.75, 3.05) is 43.1 Å². The van der Waals surface area contributed by atoms with Crippen molar-refractivity contribution in [3.63, 3.8) is 0 Å². The lowest BCUT2D eigenvalue weighted by Crippen LogP contribution is -2.39. The predicted octanol–water partition coefficient (Wildman–Crippen LogP) is 6.32. The molecule has 0 aromatic heterocycles. The van der Waals surface area contributed by atoms with Gasteiger partial charge in [0.25, 0.3) is 0 Å². The number of ether oxygens (including phenoxy) is 2. The van der Waals surface area contributed by atoms with E-state index in [9.17, 15) is 14.7 Å². The highest BCUT2D eigenvalue weighted by Crippen LogP contribution is 2.17. The number of carbonyl (C=O) groups excluding carboxylic acids is 1. The number of carbonyl (C=O) groups is 2. The standard InChI is InChI=1S/C27H37BrN2O5S/c1-3-5-6-18-36-19-16-30(27(33)29-23-11-9-22(28)10-12-23)15-17-35-24-13-7-21(8-14-24)20-25(26(31)32)34-4-2/h7-14,25H,3-6,15-20H2,1-2H3,(H,29,33)(H,31,32). The molecule has 7 nitrogen and oxygen atoms in total. The Labute approximate surface area is 227 Å². The fraction of sp³-hybridized carbons (Fsp3) is 0.481. The zero-order valence-corrected chi connectivity index (χ0v) is 23.5. The molecular formula is C27H37BrN2O5S. The molecule has 2 aromatic rings. The van der Waals surface area contributed by atoms with E-state index in [2.05, 4.69) is 28.2 Å². The molecule has 0 fully saturated rings. The molecular weight excluding hydrogens is 544 g/mol. The van der Waals surface area contributed by atoms with Crippen molar-refractivity contribution in [3.05, 3.63) is 58.6 Å². The summed E-state index contributed by atoms with van der Waals surface area (Å²) in [6, 6.07) is 14.7. The van der Waals surface area contributed by atoms with Gasteiger partial charge < -0.3 is 24.8 Å². The Morgan fingerprint density at radius 2 is 1.75 bits per heavy atom. The second-order valence-electron chi connectivity index (χ2n) is 8.22. The highest BCUT2D eigenvalue weighted by molar-refractivity contribution is 9.10. The Bertz CT molecular complexity index is 911. The summed E-state index contributed by atoms with van der Waals surface area (Å²) in [6.45, 7) is 5.76. The van der Waals surface area contributed by atoms with Gasteiger partial charge in [-0.3, -0.25) is 0 Å². The molecule has 0 aliphatic heterocycles. The number of benzene rings is 2. The van der Waals surface area contributed by atoms with Crippen LogP contribution in [0.15, 0.2) is 53.0 Å². The molecule has 198 valence electrons. The molecule has 36 heavy (non-hydrogen) atoms. The van der Waals surface area contributed by atoms with Gasteiger partial charge in [-0.1, -0.05) is 47.8 Å². The monoisotopic (exact) mass is 580 g/mol. The van der Waals surface area contributed by atoms with Crippen LogP contribution in [0.1, 0.15) is 38.7 Å². The number of amides is 2. The summed E-state index contributed by atoms with van der Waals surface area (Å²) in [5.41, 5.74) is 1.60. The average Bonchev–Trinajstić information content (AvgIpc) is 2.87. The minimum absolute atomic E-state index is 0.152. The van der Waals surface area contributed by atoms with Gasteiger partial charge in [-0.15, -0.1) is 0 Å². The number of aliphatic carboxylic acids is 1. The first-order valence-corrected chi connectivity index (χ1v) is 14.3.